The van der Waals surface area contributed by atoms with Gasteiger partial charge >= 0.3 is 24.1 Å². The van der Waals surface area contributed by atoms with Gasteiger partial charge in [0.2, 0.25) is 0 Å². The number of ether oxygens (including phenoxy) is 1. The first-order valence-corrected chi connectivity index (χ1v) is 4.51. The van der Waals surface area contributed by atoms with Crippen LogP contribution in [0, 0.1) is 5.92 Å². The fraction of sp³-hybridized carbons (Fsp3) is 1.00. The molecular formula is C8H9F9O. The van der Waals surface area contributed by atoms with E-state index in [0.717, 1.165) is 0 Å². The molecule has 0 saturated heterocycles. The van der Waals surface area contributed by atoms with Gasteiger partial charge in [0.15, 0.2) is 0 Å². The molecule has 0 bridgehead atoms. The zero-order valence-corrected chi connectivity index (χ0v) is 9.09. The molecule has 1 nitrogen and oxygen atoms in total. The van der Waals surface area contributed by atoms with Gasteiger partial charge in [-0.2, -0.15) is 39.5 Å². The van der Waals surface area contributed by atoms with Crippen molar-refractivity contribution in [2.24, 2.45) is 5.92 Å². The molecule has 0 radical (unpaired) electrons. The van der Waals surface area contributed by atoms with Gasteiger partial charge in [-0.25, -0.2) is 0 Å². The van der Waals surface area contributed by atoms with Crippen molar-refractivity contribution < 1.29 is 44.3 Å². The lowest BCUT2D eigenvalue weighted by molar-refractivity contribution is -0.444. The first-order chi connectivity index (χ1) is 7.67. The first kappa shape index (κ1) is 17.3. The summed E-state index contributed by atoms with van der Waals surface area (Å²) in [7, 11) is 0. The van der Waals surface area contributed by atoms with Crippen LogP contribution < -0.4 is 0 Å². The molecule has 0 fully saturated rings. The van der Waals surface area contributed by atoms with Crippen molar-refractivity contribution in [3.05, 3.63) is 0 Å². The Labute approximate surface area is 95.9 Å². The van der Waals surface area contributed by atoms with E-state index < -0.39 is 36.7 Å². The molecule has 0 atom stereocenters. The van der Waals surface area contributed by atoms with Crippen molar-refractivity contribution in [1.29, 1.82) is 0 Å². The van der Waals surface area contributed by atoms with E-state index in [4.69, 9.17) is 0 Å². The van der Waals surface area contributed by atoms with Crippen molar-refractivity contribution in [1.82, 2.24) is 0 Å². The standard InChI is InChI=1S/C8H9F9O/c1-4(2)3-18-8(16,17)6(11,12)5(9,10)7(13,14)15/h4H,3H2,1-2H3. The molecule has 0 heterocycles. The van der Waals surface area contributed by atoms with Gasteiger partial charge in [0.25, 0.3) is 0 Å². The number of rotatable bonds is 5. The van der Waals surface area contributed by atoms with Gasteiger partial charge in [-0.15, -0.1) is 0 Å². The highest BCUT2D eigenvalue weighted by Gasteiger charge is 2.82. The molecule has 10 heteroatoms. The summed E-state index contributed by atoms with van der Waals surface area (Å²) in [5.74, 6) is -14.4. The topological polar surface area (TPSA) is 9.23 Å². The summed E-state index contributed by atoms with van der Waals surface area (Å²) < 4.78 is 113. The van der Waals surface area contributed by atoms with Crippen LogP contribution in [0.25, 0.3) is 0 Å². The summed E-state index contributed by atoms with van der Waals surface area (Å²) in [5.41, 5.74) is 0. The van der Waals surface area contributed by atoms with Crippen molar-refractivity contribution in [2.45, 2.75) is 38.0 Å². The molecule has 0 saturated carbocycles. The van der Waals surface area contributed by atoms with Crippen LogP contribution in [-0.4, -0.2) is 30.7 Å². The molecule has 0 N–H and O–H groups in total. The minimum atomic E-state index is -6.90. The molecule has 0 unspecified atom stereocenters. The second-order valence-corrected chi connectivity index (χ2v) is 3.87. The fourth-order valence-electron chi connectivity index (χ4n) is 0.723. The highest BCUT2D eigenvalue weighted by atomic mass is 19.4. The third-order valence-corrected chi connectivity index (χ3v) is 1.71. The SMILES string of the molecule is CC(C)COC(F)(F)C(F)(F)C(F)(F)C(F)(F)F. The molecule has 0 aromatic rings. The highest BCUT2D eigenvalue weighted by molar-refractivity contribution is 4.96. The third kappa shape index (κ3) is 3.01. The van der Waals surface area contributed by atoms with Gasteiger partial charge in [-0.05, 0) is 5.92 Å². The Morgan fingerprint density at radius 1 is 0.778 bits per heavy atom. The van der Waals surface area contributed by atoms with Gasteiger partial charge < -0.3 is 4.74 Å². The molecular weight excluding hydrogens is 283 g/mol. The molecule has 0 amide bonds. The van der Waals surface area contributed by atoms with Crippen LogP contribution in [0.2, 0.25) is 0 Å². The van der Waals surface area contributed by atoms with Crippen LogP contribution >= 0.6 is 0 Å². The Bertz CT molecular complexity index is 281. The predicted octanol–water partition coefficient (Wildman–Crippen LogP) is 4.08. The monoisotopic (exact) mass is 292 g/mol. The van der Waals surface area contributed by atoms with Gasteiger partial charge in [-0.1, -0.05) is 13.8 Å². The zero-order valence-electron chi connectivity index (χ0n) is 9.09. The Morgan fingerprint density at radius 3 is 1.44 bits per heavy atom. The van der Waals surface area contributed by atoms with E-state index >= 15 is 0 Å². The number of halogens is 9. The Balaban J connectivity index is 5.23. The van der Waals surface area contributed by atoms with Crippen LogP contribution in [0.15, 0.2) is 0 Å². The Hall–Kier alpha value is -0.670. The molecule has 0 aliphatic heterocycles. The van der Waals surface area contributed by atoms with Gasteiger partial charge in [0.1, 0.15) is 0 Å². The van der Waals surface area contributed by atoms with Gasteiger partial charge in [0, 0.05) is 0 Å². The molecule has 110 valence electrons. The van der Waals surface area contributed by atoms with E-state index in [-0.39, 0.29) is 0 Å². The largest absolute Gasteiger partial charge is 0.460 e. The Morgan fingerprint density at radius 2 is 1.17 bits per heavy atom. The zero-order chi connectivity index (χ0) is 15.0. The predicted molar refractivity (Wildman–Crippen MR) is 41.7 cm³/mol. The number of hydrogen-bond acceptors (Lipinski definition) is 1. The number of alkyl halides is 9. The third-order valence-electron chi connectivity index (χ3n) is 1.71. The highest BCUT2D eigenvalue weighted by Crippen LogP contribution is 2.53. The van der Waals surface area contributed by atoms with E-state index in [1.807, 2.05) is 0 Å². The second kappa shape index (κ2) is 4.78. The fourth-order valence-corrected chi connectivity index (χ4v) is 0.723. The molecule has 0 aromatic carbocycles. The molecule has 0 spiro atoms. The summed E-state index contributed by atoms with van der Waals surface area (Å²) in [5, 5.41) is 0. The van der Waals surface area contributed by atoms with Crippen LogP contribution in [0.1, 0.15) is 13.8 Å². The number of hydrogen-bond donors (Lipinski definition) is 0. The lowest BCUT2D eigenvalue weighted by atomic mass is 10.1. The molecule has 18 heavy (non-hydrogen) atoms. The minimum absolute atomic E-state index is 0.758. The average Bonchev–Trinajstić information content (AvgIpc) is 2.12. The quantitative estimate of drug-likeness (QED) is 0.694. The second-order valence-electron chi connectivity index (χ2n) is 3.87. The Kier molecular flexibility index (Phi) is 4.60. The van der Waals surface area contributed by atoms with Gasteiger partial charge in [0.05, 0.1) is 6.61 Å². The summed E-state index contributed by atoms with van der Waals surface area (Å²) in [6.45, 7) is 1.34. The van der Waals surface area contributed by atoms with E-state index in [0.29, 0.717) is 0 Å². The maximum Gasteiger partial charge on any atom is 0.460 e. The molecule has 0 aromatic heterocycles. The van der Waals surface area contributed by atoms with Crippen LogP contribution in [-0.2, 0) is 4.74 Å². The lowest BCUT2D eigenvalue weighted by Gasteiger charge is -2.33. The van der Waals surface area contributed by atoms with E-state index in [1.165, 1.54) is 13.8 Å². The van der Waals surface area contributed by atoms with Crippen molar-refractivity contribution >= 4 is 0 Å². The molecule has 0 rings (SSSR count). The van der Waals surface area contributed by atoms with E-state index in [9.17, 15) is 39.5 Å². The van der Waals surface area contributed by atoms with Gasteiger partial charge in [-0.3, -0.25) is 0 Å². The maximum atomic E-state index is 12.6. The first-order valence-electron chi connectivity index (χ1n) is 4.51. The van der Waals surface area contributed by atoms with Crippen LogP contribution in [0.4, 0.5) is 39.5 Å². The van der Waals surface area contributed by atoms with E-state index in [1.54, 1.807) is 0 Å². The molecule has 0 aliphatic carbocycles. The summed E-state index contributed by atoms with van der Waals surface area (Å²) >= 11 is 0. The van der Waals surface area contributed by atoms with Crippen LogP contribution in [0.3, 0.4) is 0 Å². The summed E-state index contributed by atoms with van der Waals surface area (Å²) in [6.07, 6.45) is -12.8. The van der Waals surface area contributed by atoms with Crippen molar-refractivity contribution in [3.63, 3.8) is 0 Å². The smallest absolute Gasteiger partial charge is 0.315 e. The van der Waals surface area contributed by atoms with Crippen LogP contribution in [0.5, 0.6) is 0 Å². The van der Waals surface area contributed by atoms with Crippen molar-refractivity contribution in [2.75, 3.05) is 6.61 Å². The minimum Gasteiger partial charge on any atom is -0.315 e. The molecule has 0 aliphatic rings. The normalized spacial score (nSPS) is 15.3. The lowest BCUT2D eigenvalue weighted by Crippen LogP contribution is -2.61. The summed E-state index contributed by atoms with van der Waals surface area (Å²) in [6, 6.07) is 0. The maximum absolute atomic E-state index is 12.6. The summed E-state index contributed by atoms with van der Waals surface area (Å²) in [4.78, 5) is 0. The van der Waals surface area contributed by atoms with E-state index in [2.05, 4.69) is 4.74 Å². The average molecular weight is 292 g/mol. The van der Waals surface area contributed by atoms with Crippen molar-refractivity contribution in [3.8, 4) is 0 Å².